The molecule has 2 fully saturated rings. The lowest BCUT2D eigenvalue weighted by atomic mass is 9.87. The van der Waals surface area contributed by atoms with Crippen LogP contribution in [0.5, 0.6) is 0 Å². The van der Waals surface area contributed by atoms with Gasteiger partial charge in [-0.3, -0.25) is 9.59 Å². The fourth-order valence-electron chi connectivity index (χ4n) is 10.2. The summed E-state index contributed by atoms with van der Waals surface area (Å²) in [4.78, 5) is 72.2. The SMILES string of the molecule is COC(=O)N[C@@H](CCC#N)C(=O)N1CCC[C@H]1c1nc2ccc(-c3cc4ccc3CCc3ccc(c(-c5ccc6nc([C@@H]7CCCN7C(=O)[C@H](CCC#N)NC(=O)OC)[nH]c6c5)c3)CC4)cc2[nH]1. The third-order valence-electron chi connectivity index (χ3n) is 13.7. The first-order valence-electron chi connectivity index (χ1n) is 23.4. The van der Waals surface area contributed by atoms with Gasteiger partial charge in [0.2, 0.25) is 11.8 Å². The average molecular weight is 915 g/mol. The van der Waals surface area contributed by atoms with Crippen LogP contribution in [0, 0.1) is 22.7 Å². The number of amides is 4. The molecule has 4 N–H and O–H groups in total. The largest absolute Gasteiger partial charge is 0.453 e. The minimum atomic E-state index is -0.869. The van der Waals surface area contributed by atoms with Crippen LogP contribution in [0.1, 0.15) is 97.4 Å². The quantitative estimate of drug-likeness (QED) is 0.0925. The molecule has 6 aliphatic rings. The van der Waals surface area contributed by atoms with Gasteiger partial charge in [0.15, 0.2) is 0 Å². The molecular weight excluding hydrogens is 861 g/mol. The molecule has 4 heterocycles. The fraction of sp³-hybridized carbons (Fsp3) is 0.385. The van der Waals surface area contributed by atoms with E-state index in [2.05, 4.69) is 93.4 Å². The van der Waals surface area contributed by atoms with Crippen molar-refractivity contribution in [3.8, 4) is 34.4 Å². The Kier molecular flexibility index (Phi) is 13.4. The second-order valence-electron chi connectivity index (χ2n) is 17.8. The molecule has 4 bridgehead atoms. The van der Waals surface area contributed by atoms with Crippen LogP contribution in [0.2, 0.25) is 0 Å². The third-order valence-corrected chi connectivity index (χ3v) is 13.7. The van der Waals surface area contributed by atoms with Crippen LogP contribution in [0.15, 0.2) is 72.8 Å². The number of nitriles is 2. The molecule has 12 rings (SSSR count). The molecule has 16 heteroatoms. The number of carbonyl (C=O) groups excluding carboxylic acids is 4. The maximum Gasteiger partial charge on any atom is 0.407 e. The van der Waals surface area contributed by atoms with Crippen molar-refractivity contribution >= 4 is 46.1 Å². The maximum absolute atomic E-state index is 13.8. The Morgan fingerprint density at radius 3 is 1.50 bits per heavy atom. The van der Waals surface area contributed by atoms with Crippen molar-refractivity contribution in [2.75, 3.05) is 27.3 Å². The standard InChI is InChI=1S/C52H54N10O6/c1-67-51(65)59-41(7-3-23-53)49(63)61-25-5-9-45(61)47-55-39-21-19-35(29-43(39)57-47)37-27-31-11-15-33(37)17-13-32-12-16-34(18-14-31)38(28-32)36-20-22-40-44(30-36)58-48(56-40)46-10-6-26-62(46)50(64)42(8-4-24-54)60-52(66)68-2/h11-12,15-16,19-22,27-30,41-42,45-46H,3-10,13-14,17-18,25-26H2,1-2H3,(H,55,57)(H,56,58)(H,59,65)(H,60,66)/t41-,42-,45-,46-/m0/s1. The number of aromatic amines is 2. The second kappa shape index (κ2) is 20.0. The van der Waals surface area contributed by atoms with Crippen LogP contribution >= 0.6 is 0 Å². The summed E-state index contributed by atoms with van der Waals surface area (Å²) in [5.41, 5.74) is 12.9. The number of ether oxygens (including phenoxy) is 2. The molecule has 4 aromatic carbocycles. The van der Waals surface area contributed by atoms with Crippen molar-refractivity contribution in [2.45, 2.75) is 101 Å². The molecule has 68 heavy (non-hydrogen) atoms. The van der Waals surface area contributed by atoms with Gasteiger partial charge in [-0.25, -0.2) is 19.6 Å². The van der Waals surface area contributed by atoms with Crippen molar-refractivity contribution in [3.63, 3.8) is 0 Å². The summed E-state index contributed by atoms with van der Waals surface area (Å²) in [5, 5.41) is 23.6. The van der Waals surface area contributed by atoms with Crippen LogP contribution in [0.3, 0.4) is 0 Å². The van der Waals surface area contributed by atoms with Gasteiger partial charge in [-0.1, -0.05) is 48.5 Å². The summed E-state index contributed by atoms with van der Waals surface area (Å²) < 4.78 is 9.52. The van der Waals surface area contributed by atoms with E-state index in [0.29, 0.717) is 24.7 Å². The molecule has 4 atom stereocenters. The normalized spacial score (nSPS) is 17.5. The van der Waals surface area contributed by atoms with Crippen molar-refractivity contribution < 1.29 is 28.7 Å². The highest BCUT2D eigenvalue weighted by Crippen LogP contribution is 2.37. The van der Waals surface area contributed by atoms with Crippen molar-refractivity contribution in [1.29, 1.82) is 10.5 Å². The highest BCUT2D eigenvalue weighted by Gasteiger charge is 2.38. The lowest BCUT2D eigenvalue weighted by molar-refractivity contribution is -0.135. The molecule has 4 amide bonds. The number of H-pyrrole nitrogens is 2. The molecule has 6 aromatic rings. The zero-order valence-electron chi connectivity index (χ0n) is 38.3. The summed E-state index contributed by atoms with van der Waals surface area (Å²) in [6.07, 6.45) is 5.58. The molecule has 2 saturated heterocycles. The molecule has 2 aromatic heterocycles. The van der Waals surface area contributed by atoms with Crippen LogP contribution in [0.25, 0.3) is 44.3 Å². The summed E-state index contributed by atoms with van der Waals surface area (Å²) in [7, 11) is 2.50. The second-order valence-corrected chi connectivity index (χ2v) is 17.8. The van der Waals surface area contributed by atoms with Gasteiger partial charge in [0.1, 0.15) is 23.7 Å². The van der Waals surface area contributed by atoms with E-state index in [9.17, 15) is 29.7 Å². The Morgan fingerprint density at radius 1 is 0.647 bits per heavy atom. The minimum Gasteiger partial charge on any atom is -0.453 e. The van der Waals surface area contributed by atoms with E-state index in [0.717, 1.165) is 84.6 Å². The molecule has 2 aliphatic heterocycles. The first-order chi connectivity index (χ1) is 33.1. The van der Waals surface area contributed by atoms with E-state index in [-0.39, 0.29) is 49.6 Å². The van der Waals surface area contributed by atoms with Gasteiger partial charge in [0.25, 0.3) is 0 Å². The summed E-state index contributed by atoms with van der Waals surface area (Å²) in [6, 6.07) is 28.1. The van der Waals surface area contributed by atoms with Crippen molar-refractivity contribution in [1.82, 2.24) is 40.4 Å². The van der Waals surface area contributed by atoms with E-state index < -0.39 is 24.3 Å². The summed E-state index contributed by atoms with van der Waals surface area (Å²) >= 11 is 0. The van der Waals surface area contributed by atoms with Gasteiger partial charge < -0.3 is 39.9 Å². The van der Waals surface area contributed by atoms with Crippen molar-refractivity contribution in [3.05, 3.63) is 107 Å². The van der Waals surface area contributed by atoms with E-state index in [1.165, 1.54) is 47.6 Å². The molecule has 0 spiro atoms. The lowest BCUT2D eigenvalue weighted by Gasteiger charge is -2.27. The molecule has 0 radical (unpaired) electrons. The Bertz CT molecular complexity index is 2780. The van der Waals surface area contributed by atoms with Crippen LogP contribution in [-0.2, 0) is 44.7 Å². The highest BCUT2D eigenvalue weighted by atomic mass is 16.5. The molecule has 0 unspecified atom stereocenters. The number of aromatic nitrogens is 4. The number of nitrogens with zero attached hydrogens (tertiary/aromatic N) is 6. The van der Waals surface area contributed by atoms with E-state index in [1.807, 2.05) is 12.1 Å². The van der Waals surface area contributed by atoms with Gasteiger partial charge in [-0.05, 0) is 133 Å². The number of imidazole rings is 2. The van der Waals surface area contributed by atoms with Gasteiger partial charge in [-0.2, -0.15) is 10.5 Å². The van der Waals surface area contributed by atoms with Gasteiger partial charge >= 0.3 is 12.2 Å². The predicted molar refractivity (Wildman–Crippen MR) is 254 cm³/mol. The number of hydrogen-bond donors (Lipinski definition) is 4. The number of benzene rings is 4. The number of methoxy groups -OCH3 is 2. The number of carbonyl (C=O) groups is 4. The lowest BCUT2D eigenvalue weighted by Crippen LogP contribution is -2.48. The summed E-state index contributed by atoms with van der Waals surface area (Å²) in [5.74, 6) is 0.890. The topological polar surface area (TPSA) is 222 Å². The molecular formula is C52H54N10O6. The number of rotatable bonds is 12. The number of likely N-dealkylation sites (tertiary alicyclic amines) is 2. The summed E-state index contributed by atoms with van der Waals surface area (Å²) in [6.45, 7) is 1.05. The number of aryl methyl sites for hydroxylation is 4. The first kappa shape index (κ1) is 45.4. The Balaban J connectivity index is 0.933. The number of nitrogens with one attached hydrogen (secondary N) is 4. The number of alkyl carbamates (subject to hydrolysis) is 2. The molecule has 16 nitrogen and oxygen atoms in total. The predicted octanol–water partition coefficient (Wildman–Crippen LogP) is 8.04. The van der Waals surface area contributed by atoms with Gasteiger partial charge in [0, 0.05) is 25.9 Å². The zero-order valence-corrected chi connectivity index (χ0v) is 38.3. The Labute approximate surface area is 394 Å². The maximum atomic E-state index is 13.8. The molecule has 348 valence electrons. The van der Waals surface area contributed by atoms with Gasteiger partial charge in [0.05, 0.1) is 60.5 Å². The van der Waals surface area contributed by atoms with E-state index in [1.54, 1.807) is 9.80 Å². The Hall–Kier alpha value is -7.72. The monoisotopic (exact) mass is 914 g/mol. The fourth-order valence-corrected chi connectivity index (χ4v) is 10.2. The van der Waals surface area contributed by atoms with Crippen LogP contribution in [0.4, 0.5) is 9.59 Å². The minimum absolute atomic E-state index is 0.121. The van der Waals surface area contributed by atoms with E-state index >= 15 is 0 Å². The third kappa shape index (κ3) is 9.45. The number of fused-ring (bicyclic) bond motifs is 2. The van der Waals surface area contributed by atoms with Crippen LogP contribution < -0.4 is 10.6 Å². The van der Waals surface area contributed by atoms with Gasteiger partial charge in [-0.15, -0.1) is 0 Å². The smallest absolute Gasteiger partial charge is 0.407 e. The number of hydrogen-bond acceptors (Lipinski definition) is 10. The molecule has 4 aliphatic carbocycles. The van der Waals surface area contributed by atoms with Crippen molar-refractivity contribution in [2.24, 2.45) is 0 Å². The average Bonchev–Trinajstić information content (AvgIpc) is 4.20. The first-order valence-corrected chi connectivity index (χ1v) is 23.4. The van der Waals surface area contributed by atoms with E-state index in [4.69, 9.17) is 19.4 Å². The van der Waals surface area contributed by atoms with Crippen LogP contribution in [-0.4, -0.2) is 93.1 Å². The molecule has 0 saturated carbocycles. The highest BCUT2D eigenvalue weighted by molar-refractivity contribution is 5.88. The Morgan fingerprint density at radius 2 is 1.09 bits per heavy atom. The zero-order chi connectivity index (χ0) is 47.3.